The Morgan fingerprint density at radius 1 is 1.02 bits per heavy atom. The molecule has 0 fully saturated rings. The quantitative estimate of drug-likeness (QED) is 0.112. The highest BCUT2D eigenvalue weighted by Crippen LogP contribution is 2.50. The van der Waals surface area contributed by atoms with Crippen LogP contribution in [0, 0.1) is 0 Å². The van der Waals surface area contributed by atoms with Gasteiger partial charge in [0.25, 0.3) is 5.82 Å². The van der Waals surface area contributed by atoms with Crippen molar-refractivity contribution in [3.8, 4) is 5.69 Å². The fraction of sp³-hybridized carbons (Fsp3) is 0.273. The molecule has 0 aliphatic carbocycles. The summed E-state index contributed by atoms with van der Waals surface area (Å²) in [5, 5.41) is 6.30. The molecule has 0 radical (unpaired) electrons. The highest BCUT2D eigenvalue weighted by molar-refractivity contribution is 8.03. The second-order valence-electron chi connectivity index (χ2n) is 10.5. The number of nitrogens with two attached hydrogens (primary N) is 2. The standard InChI is InChI=1S/C33H36N6S/c1-2-19-37(33(34)35)20-10-18-36-30-22-25(23-31-38-21-9-12-24-11-8-17-29(40-31)32(24)38)27-15-6-7-16-28(27)39(30)26-13-4-3-5-14-26/h3-8,11,13-17,22-23H,2,9-10,12,18-21H2,1H3,(H3,34,35)/p+2. The molecule has 2 aliphatic rings. The molecule has 0 spiro atoms. The molecule has 0 saturated carbocycles. The van der Waals surface area contributed by atoms with Gasteiger partial charge < -0.3 is 4.90 Å². The molecule has 7 heteroatoms. The largest absolute Gasteiger partial charge is 0.341 e. The highest BCUT2D eigenvalue weighted by atomic mass is 32.2. The summed E-state index contributed by atoms with van der Waals surface area (Å²) in [6.45, 7) is 5.72. The summed E-state index contributed by atoms with van der Waals surface area (Å²) in [7, 11) is 0. The van der Waals surface area contributed by atoms with E-state index in [0.717, 1.165) is 56.9 Å². The van der Waals surface area contributed by atoms with Crippen LogP contribution >= 0.6 is 11.8 Å². The summed E-state index contributed by atoms with van der Waals surface area (Å²) in [5.41, 5.74) is 18.3. The van der Waals surface area contributed by atoms with Crippen LogP contribution in [-0.4, -0.2) is 36.7 Å². The predicted octanol–water partition coefficient (Wildman–Crippen LogP) is 5.47. The summed E-state index contributed by atoms with van der Waals surface area (Å²) >= 11 is 1.89. The van der Waals surface area contributed by atoms with Gasteiger partial charge in [-0.1, -0.05) is 67.2 Å². The van der Waals surface area contributed by atoms with E-state index in [2.05, 4.69) is 111 Å². The van der Waals surface area contributed by atoms with Crippen LogP contribution in [0.4, 0.5) is 11.5 Å². The van der Waals surface area contributed by atoms with Gasteiger partial charge >= 0.3 is 5.96 Å². The number of pyridine rings is 1. The summed E-state index contributed by atoms with van der Waals surface area (Å²) in [4.78, 5) is 3.89. The molecule has 3 heterocycles. The first-order valence-electron chi connectivity index (χ1n) is 14.3. The van der Waals surface area contributed by atoms with Gasteiger partial charge in [0.1, 0.15) is 11.2 Å². The second kappa shape index (κ2) is 11.6. The van der Waals surface area contributed by atoms with Crippen LogP contribution in [0.2, 0.25) is 0 Å². The fourth-order valence-electron chi connectivity index (χ4n) is 5.89. The topological polar surface area (TPSA) is 74.2 Å². The number of guanidine groups is 1. The molecule has 0 bridgehead atoms. The zero-order valence-corrected chi connectivity index (χ0v) is 24.0. The van der Waals surface area contributed by atoms with Crippen molar-refractivity contribution in [2.24, 2.45) is 11.5 Å². The Hall–Kier alpha value is -3.97. The first-order chi connectivity index (χ1) is 19.6. The zero-order valence-electron chi connectivity index (χ0n) is 23.1. The van der Waals surface area contributed by atoms with E-state index >= 15 is 0 Å². The first kappa shape index (κ1) is 26.3. The van der Waals surface area contributed by atoms with Crippen LogP contribution in [0.25, 0.3) is 22.7 Å². The number of rotatable bonds is 9. The Kier molecular flexibility index (Phi) is 7.64. The van der Waals surface area contributed by atoms with E-state index < -0.39 is 0 Å². The lowest BCUT2D eigenvalue weighted by atomic mass is 10.0. The molecule has 4 aromatic rings. The fourth-order valence-corrected chi connectivity index (χ4v) is 7.08. The highest BCUT2D eigenvalue weighted by Gasteiger charge is 2.30. The predicted molar refractivity (Wildman–Crippen MR) is 168 cm³/mol. The second-order valence-corrected chi connectivity index (χ2v) is 11.5. The zero-order chi connectivity index (χ0) is 27.5. The lowest BCUT2D eigenvalue weighted by Crippen LogP contribution is -2.38. The van der Waals surface area contributed by atoms with Crippen LogP contribution in [0.15, 0.2) is 88.8 Å². The molecule has 0 unspecified atom stereocenters. The van der Waals surface area contributed by atoms with E-state index in [9.17, 15) is 0 Å². The average molecular weight is 551 g/mol. The van der Waals surface area contributed by atoms with Crippen molar-refractivity contribution in [2.75, 3.05) is 36.4 Å². The van der Waals surface area contributed by atoms with Crippen molar-refractivity contribution in [1.29, 1.82) is 0 Å². The molecular formula is C33H38N6S+2. The third-order valence-electron chi connectivity index (χ3n) is 7.71. The Morgan fingerprint density at radius 2 is 1.85 bits per heavy atom. The lowest BCUT2D eigenvalue weighted by Gasteiger charge is -2.27. The maximum Gasteiger partial charge on any atom is 0.341 e. The van der Waals surface area contributed by atoms with Gasteiger partial charge in [0.15, 0.2) is 0 Å². The van der Waals surface area contributed by atoms with Gasteiger partial charge in [-0.3, -0.25) is 21.4 Å². The van der Waals surface area contributed by atoms with E-state index in [0.29, 0.717) is 5.96 Å². The molecule has 6 nitrogen and oxygen atoms in total. The van der Waals surface area contributed by atoms with Gasteiger partial charge in [0.05, 0.1) is 30.4 Å². The molecule has 40 heavy (non-hydrogen) atoms. The smallest absolute Gasteiger partial charge is 0.335 e. The normalized spacial score (nSPS) is 14.9. The number of aryl methyl sites for hydroxylation is 1. The van der Waals surface area contributed by atoms with E-state index in [1.807, 2.05) is 11.8 Å². The van der Waals surface area contributed by atoms with Crippen molar-refractivity contribution in [2.45, 2.75) is 37.5 Å². The third-order valence-corrected chi connectivity index (χ3v) is 8.81. The summed E-state index contributed by atoms with van der Waals surface area (Å²) < 4.78 is 4.39. The number of benzene rings is 3. The summed E-state index contributed by atoms with van der Waals surface area (Å²) in [6, 6.07) is 28.4. The third kappa shape index (κ3) is 5.13. The Labute approximate surface area is 241 Å². The number of fused-ring (bicyclic) bond motifs is 1. The van der Waals surface area contributed by atoms with Gasteiger partial charge in [-0.05, 0) is 60.7 Å². The molecule has 204 valence electrons. The molecule has 0 atom stereocenters. The number of anilines is 2. The Morgan fingerprint density at radius 3 is 2.67 bits per heavy atom. The molecule has 0 saturated heterocycles. The minimum absolute atomic E-state index is 0.400. The Bertz CT molecular complexity index is 1590. The molecular weight excluding hydrogens is 512 g/mol. The number of nitrogens with zero attached hydrogens (tertiary/aromatic N) is 3. The van der Waals surface area contributed by atoms with Crippen molar-refractivity contribution >= 4 is 46.2 Å². The number of thioether (sulfide) groups is 1. The molecule has 0 amide bonds. The van der Waals surface area contributed by atoms with E-state index in [4.69, 9.17) is 11.5 Å². The van der Waals surface area contributed by atoms with Gasteiger partial charge in [-0.25, -0.2) is 0 Å². The van der Waals surface area contributed by atoms with Gasteiger partial charge in [0.2, 0.25) is 0 Å². The number of para-hydroxylation sites is 3. The first-order valence-corrected chi connectivity index (χ1v) is 15.1. The van der Waals surface area contributed by atoms with Crippen molar-refractivity contribution in [3.05, 3.63) is 95.0 Å². The minimum Gasteiger partial charge on any atom is -0.335 e. The summed E-state index contributed by atoms with van der Waals surface area (Å²) in [5.74, 6) is 1.47. The van der Waals surface area contributed by atoms with Crippen LogP contribution in [-0.2, 0) is 6.42 Å². The van der Waals surface area contributed by atoms with Crippen LogP contribution in [0.1, 0.15) is 37.3 Å². The van der Waals surface area contributed by atoms with Gasteiger partial charge in [0, 0.05) is 29.3 Å². The van der Waals surface area contributed by atoms with Gasteiger partial charge in [-0.15, -0.1) is 0 Å². The van der Waals surface area contributed by atoms with Gasteiger partial charge in [-0.2, -0.15) is 4.57 Å². The molecule has 3 aromatic carbocycles. The number of hydrogen-bond donors (Lipinski definition) is 3. The number of aromatic nitrogens is 1. The maximum absolute atomic E-state index is 5.93. The van der Waals surface area contributed by atoms with E-state index in [-0.39, 0.29) is 0 Å². The molecule has 6 rings (SSSR count). The SMILES string of the molecule is CCC[N+](CCCNc1cc(C=C2Sc3cccc4c3N2CCC4)c2ccccc2[n+]1-c1ccccc1)=C(N)N. The van der Waals surface area contributed by atoms with Crippen molar-refractivity contribution in [1.82, 2.24) is 0 Å². The summed E-state index contributed by atoms with van der Waals surface area (Å²) in [6.07, 6.45) is 6.68. The number of hydrogen-bond acceptors (Lipinski definition) is 3. The van der Waals surface area contributed by atoms with Crippen LogP contribution in [0.3, 0.4) is 0 Å². The van der Waals surface area contributed by atoms with E-state index in [1.54, 1.807) is 0 Å². The maximum atomic E-state index is 5.93. The Balaban J connectivity index is 1.40. The molecule has 5 N–H and O–H groups in total. The van der Waals surface area contributed by atoms with Crippen LogP contribution in [0.5, 0.6) is 0 Å². The molecule has 2 aliphatic heterocycles. The van der Waals surface area contributed by atoms with E-state index in [1.165, 1.54) is 44.1 Å². The van der Waals surface area contributed by atoms with Crippen molar-refractivity contribution in [3.63, 3.8) is 0 Å². The lowest BCUT2D eigenvalue weighted by molar-refractivity contribution is -0.551. The number of nitrogens with one attached hydrogen (secondary N) is 1. The van der Waals surface area contributed by atoms with Crippen LogP contribution < -0.4 is 26.3 Å². The monoisotopic (exact) mass is 550 g/mol. The molecule has 1 aromatic heterocycles. The van der Waals surface area contributed by atoms with Crippen molar-refractivity contribution < 1.29 is 9.14 Å². The average Bonchev–Trinajstić information content (AvgIpc) is 3.34. The minimum atomic E-state index is 0.400.